The number of amides is 1. The summed E-state index contributed by atoms with van der Waals surface area (Å²) in [6.45, 7) is 4.74. The molecule has 0 saturated carbocycles. The van der Waals surface area contributed by atoms with E-state index >= 15 is 0 Å². The zero-order chi connectivity index (χ0) is 13.3. The maximum absolute atomic E-state index is 12.5. The number of halogens is 2. The molecule has 0 bridgehead atoms. The molecule has 5 heteroatoms. The molecule has 1 fully saturated rings. The van der Waals surface area contributed by atoms with Crippen LogP contribution in [0.2, 0.25) is 0 Å². The molecule has 0 radical (unpaired) electrons. The molecule has 0 N–H and O–H groups in total. The average Bonchev–Trinajstić information content (AvgIpc) is 2.31. The summed E-state index contributed by atoms with van der Waals surface area (Å²) >= 11 is 6.86. The highest BCUT2D eigenvalue weighted by atomic mass is 79.9. The fourth-order valence-corrected chi connectivity index (χ4v) is 3.03. The topological polar surface area (TPSA) is 23.6 Å². The lowest BCUT2D eigenvalue weighted by Crippen LogP contribution is -2.52. The Hall–Kier alpha value is -0.390. The largest absolute Gasteiger partial charge is 0.333 e. The standard InChI is InChI=1S/C13H16Br2N2O/c1-9-8-16(2)5-6-17(9)13(18)11-7-10(14)3-4-12(11)15/h3-4,7,9H,5-6,8H2,1-2H3. The number of piperazine rings is 1. The molecule has 1 aliphatic heterocycles. The second-order valence-corrected chi connectivity index (χ2v) is 6.50. The summed E-state index contributed by atoms with van der Waals surface area (Å²) in [5.74, 6) is 0.101. The van der Waals surface area contributed by atoms with Crippen molar-refractivity contribution in [2.75, 3.05) is 26.7 Å². The number of hydrogen-bond donors (Lipinski definition) is 0. The minimum absolute atomic E-state index is 0.101. The van der Waals surface area contributed by atoms with Gasteiger partial charge in [0.15, 0.2) is 0 Å². The molecule has 1 unspecified atom stereocenters. The monoisotopic (exact) mass is 374 g/mol. The Labute approximate surface area is 124 Å². The van der Waals surface area contributed by atoms with Crippen LogP contribution in [-0.4, -0.2) is 48.4 Å². The molecule has 18 heavy (non-hydrogen) atoms. The molecule has 1 atom stereocenters. The molecular weight excluding hydrogens is 360 g/mol. The highest BCUT2D eigenvalue weighted by Gasteiger charge is 2.27. The van der Waals surface area contributed by atoms with Gasteiger partial charge in [0.1, 0.15) is 0 Å². The van der Waals surface area contributed by atoms with Crippen molar-refractivity contribution in [1.82, 2.24) is 9.80 Å². The van der Waals surface area contributed by atoms with Crippen LogP contribution in [0.25, 0.3) is 0 Å². The maximum atomic E-state index is 12.5. The number of hydrogen-bond acceptors (Lipinski definition) is 2. The number of benzene rings is 1. The number of rotatable bonds is 1. The van der Waals surface area contributed by atoms with Crippen molar-refractivity contribution in [3.63, 3.8) is 0 Å². The van der Waals surface area contributed by atoms with Crippen molar-refractivity contribution >= 4 is 37.8 Å². The van der Waals surface area contributed by atoms with Crippen molar-refractivity contribution in [3.8, 4) is 0 Å². The lowest BCUT2D eigenvalue weighted by Gasteiger charge is -2.38. The Morgan fingerprint density at radius 3 is 2.72 bits per heavy atom. The molecule has 1 amide bonds. The van der Waals surface area contributed by atoms with Crippen molar-refractivity contribution in [2.45, 2.75) is 13.0 Å². The van der Waals surface area contributed by atoms with Crippen molar-refractivity contribution < 1.29 is 4.79 Å². The Balaban J connectivity index is 2.23. The van der Waals surface area contributed by atoms with Crippen LogP contribution in [0.4, 0.5) is 0 Å². The first-order valence-corrected chi connectivity index (χ1v) is 7.52. The van der Waals surface area contributed by atoms with E-state index in [-0.39, 0.29) is 11.9 Å². The van der Waals surface area contributed by atoms with Gasteiger partial charge in [-0.3, -0.25) is 4.79 Å². The molecule has 1 aromatic rings. The Morgan fingerprint density at radius 2 is 2.06 bits per heavy atom. The number of carbonyl (C=O) groups is 1. The quantitative estimate of drug-likeness (QED) is 0.753. The van der Waals surface area contributed by atoms with E-state index in [2.05, 4.69) is 50.7 Å². The Morgan fingerprint density at radius 1 is 1.33 bits per heavy atom. The summed E-state index contributed by atoms with van der Waals surface area (Å²) < 4.78 is 1.78. The van der Waals surface area contributed by atoms with Crippen molar-refractivity contribution in [2.24, 2.45) is 0 Å². The fourth-order valence-electron chi connectivity index (χ4n) is 2.26. The molecule has 0 aromatic heterocycles. The molecule has 0 spiro atoms. The predicted molar refractivity (Wildman–Crippen MR) is 79.8 cm³/mol. The predicted octanol–water partition coefficient (Wildman–Crippen LogP) is 2.99. The lowest BCUT2D eigenvalue weighted by atomic mass is 10.1. The highest BCUT2D eigenvalue weighted by molar-refractivity contribution is 9.11. The van der Waals surface area contributed by atoms with Gasteiger partial charge in [-0.1, -0.05) is 15.9 Å². The summed E-state index contributed by atoms with van der Waals surface area (Å²) in [6, 6.07) is 5.95. The number of carbonyl (C=O) groups excluding carboxylic acids is 1. The van der Waals surface area contributed by atoms with Crippen LogP contribution in [0.3, 0.4) is 0 Å². The van der Waals surface area contributed by atoms with Gasteiger partial charge in [-0.25, -0.2) is 0 Å². The van der Waals surface area contributed by atoms with Gasteiger partial charge < -0.3 is 9.80 Å². The normalized spacial score (nSPS) is 21.1. The van der Waals surface area contributed by atoms with Crippen LogP contribution >= 0.6 is 31.9 Å². The Bertz CT molecular complexity index is 464. The molecule has 1 aromatic carbocycles. The number of nitrogens with zero attached hydrogens (tertiary/aromatic N) is 2. The molecule has 1 heterocycles. The first-order chi connectivity index (χ1) is 8.49. The van der Waals surface area contributed by atoms with Gasteiger partial charge in [-0.15, -0.1) is 0 Å². The van der Waals surface area contributed by atoms with Crippen LogP contribution in [0.5, 0.6) is 0 Å². The van der Waals surface area contributed by atoms with E-state index in [1.807, 2.05) is 23.1 Å². The van der Waals surface area contributed by atoms with E-state index in [1.54, 1.807) is 0 Å². The first kappa shape index (κ1) is 14.0. The van der Waals surface area contributed by atoms with Gasteiger partial charge in [0.25, 0.3) is 5.91 Å². The molecule has 3 nitrogen and oxygen atoms in total. The highest BCUT2D eigenvalue weighted by Crippen LogP contribution is 2.24. The maximum Gasteiger partial charge on any atom is 0.255 e. The molecule has 98 valence electrons. The molecule has 1 aliphatic rings. The third-order valence-corrected chi connectivity index (χ3v) is 4.44. The summed E-state index contributed by atoms with van der Waals surface area (Å²) in [7, 11) is 2.09. The van der Waals surface area contributed by atoms with E-state index in [4.69, 9.17) is 0 Å². The first-order valence-electron chi connectivity index (χ1n) is 5.93. The molecular formula is C13H16Br2N2O. The van der Waals surface area contributed by atoms with E-state index in [0.29, 0.717) is 0 Å². The molecule has 1 saturated heterocycles. The fraction of sp³-hybridized carbons (Fsp3) is 0.462. The third-order valence-electron chi connectivity index (χ3n) is 3.25. The van der Waals surface area contributed by atoms with Gasteiger partial charge in [0, 0.05) is 34.6 Å². The zero-order valence-corrected chi connectivity index (χ0v) is 13.7. The number of likely N-dealkylation sites (N-methyl/N-ethyl adjacent to an activating group) is 1. The van der Waals surface area contributed by atoms with Gasteiger partial charge in [-0.2, -0.15) is 0 Å². The molecule has 2 rings (SSSR count). The Kier molecular flexibility index (Phi) is 4.45. The van der Waals surface area contributed by atoms with Gasteiger partial charge in [0.05, 0.1) is 5.56 Å². The molecule has 0 aliphatic carbocycles. The lowest BCUT2D eigenvalue weighted by molar-refractivity contribution is 0.0532. The minimum Gasteiger partial charge on any atom is -0.333 e. The van der Waals surface area contributed by atoms with Crippen molar-refractivity contribution in [3.05, 3.63) is 32.7 Å². The summed E-state index contributed by atoms with van der Waals surface area (Å²) in [5.41, 5.74) is 0.723. The third kappa shape index (κ3) is 2.95. The van der Waals surface area contributed by atoms with Crippen molar-refractivity contribution in [1.29, 1.82) is 0 Å². The summed E-state index contributed by atoms with van der Waals surface area (Å²) in [4.78, 5) is 16.8. The van der Waals surface area contributed by atoms with Crippen LogP contribution < -0.4 is 0 Å². The SMILES string of the molecule is CC1CN(C)CCN1C(=O)c1cc(Br)ccc1Br. The second kappa shape index (κ2) is 5.72. The van der Waals surface area contributed by atoms with Gasteiger partial charge in [0.2, 0.25) is 0 Å². The van der Waals surface area contributed by atoms with E-state index in [1.165, 1.54) is 0 Å². The van der Waals surface area contributed by atoms with Gasteiger partial charge >= 0.3 is 0 Å². The van der Waals surface area contributed by atoms with Crippen LogP contribution in [-0.2, 0) is 0 Å². The second-order valence-electron chi connectivity index (χ2n) is 4.73. The summed E-state index contributed by atoms with van der Waals surface area (Å²) in [6.07, 6.45) is 0. The van der Waals surface area contributed by atoms with E-state index in [0.717, 1.165) is 34.1 Å². The smallest absolute Gasteiger partial charge is 0.255 e. The van der Waals surface area contributed by atoms with Gasteiger partial charge in [-0.05, 0) is 48.1 Å². The average molecular weight is 376 g/mol. The van der Waals surface area contributed by atoms with E-state index in [9.17, 15) is 4.79 Å². The van der Waals surface area contributed by atoms with Crippen LogP contribution in [0, 0.1) is 0 Å². The zero-order valence-electron chi connectivity index (χ0n) is 10.5. The van der Waals surface area contributed by atoms with Crippen LogP contribution in [0.1, 0.15) is 17.3 Å². The van der Waals surface area contributed by atoms with Crippen LogP contribution in [0.15, 0.2) is 27.1 Å². The summed E-state index contributed by atoms with van der Waals surface area (Å²) in [5, 5.41) is 0. The van der Waals surface area contributed by atoms with E-state index < -0.39 is 0 Å². The minimum atomic E-state index is 0.101.